The van der Waals surface area contributed by atoms with Crippen molar-refractivity contribution in [2.24, 2.45) is 11.8 Å². The van der Waals surface area contributed by atoms with Gasteiger partial charge < -0.3 is 34.4 Å². The van der Waals surface area contributed by atoms with Crippen LogP contribution < -0.4 is 10.2 Å². The summed E-state index contributed by atoms with van der Waals surface area (Å²) in [5.74, 6) is -3.48. The zero-order valence-corrected chi connectivity index (χ0v) is 29.8. The Hall–Kier alpha value is -4.03. The standard InChI is InChI=1S/C39H48ClN3O8/c1-4-6-15-31(45)41-29(25-49-3)34(26-13-9-7-10-14-26)50-38(48)32-30-20-21-39(51-30)33(32)36(46)43(23-11-8-12-24-44)35(39)37(47)42(22-5-2)28-18-16-27(40)17-19-28/h4-5,7,9-10,13-14,16-19,29-30,32-35,44H,1-2,6,8,11-12,15,20-25H2,3H3,(H,41,45)/t29-,30-,32+,33+,34-,35-,39+/m1/s1. The van der Waals surface area contributed by atoms with Gasteiger partial charge in [0.25, 0.3) is 5.91 Å². The number of aliphatic hydroxyl groups is 1. The van der Waals surface area contributed by atoms with Gasteiger partial charge in [-0.15, -0.1) is 13.2 Å². The Kier molecular flexibility index (Phi) is 13.1. The first-order valence-electron chi connectivity index (χ1n) is 17.6. The lowest BCUT2D eigenvalue weighted by molar-refractivity contribution is -0.163. The van der Waals surface area contributed by atoms with Gasteiger partial charge in [-0.2, -0.15) is 0 Å². The summed E-state index contributed by atoms with van der Waals surface area (Å²) in [6.07, 6.45) is 5.03. The first-order chi connectivity index (χ1) is 24.7. The SMILES string of the molecule is C=CCCC(=O)N[C@H](COC)[C@H](OC(=O)[C@@H]1[C@H]2C(=O)N(CCCCCO)[C@H](C(=O)N(CC=C)c3ccc(Cl)cc3)[C@]23CC[C@H]1O3)c1ccccc1. The Bertz CT molecular complexity index is 1560. The number of halogens is 1. The largest absolute Gasteiger partial charge is 0.455 e. The third-order valence-corrected chi connectivity index (χ3v) is 10.3. The number of nitrogens with one attached hydrogen (secondary N) is 1. The summed E-state index contributed by atoms with van der Waals surface area (Å²) in [4.78, 5) is 59.7. The molecule has 274 valence electrons. The van der Waals surface area contributed by atoms with Crippen LogP contribution in [0.1, 0.15) is 56.6 Å². The predicted molar refractivity (Wildman–Crippen MR) is 193 cm³/mol. The molecule has 11 nitrogen and oxygen atoms in total. The molecule has 0 saturated carbocycles. The van der Waals surface area contributed by atoms with E-state index < -0.39 is 47.7 Å². The van der Waals surface area contributed by atoms with E-state index in [9.17, 15) is 24.3 Å². The summed E-state index contributed by atoms with van der Waals surface area (Å²) in [5.41, 5.74) is -0.0151. The molecule has 3 aliphatic heterocycles. The smallest absolute Gasteiger partial charge is 0.313 e. The van der Waals surface area contributed by atoms with Gasteiger partial charge in [-0.05, 0) is 68.4 Å². The second-order valence-electron chi connectivity index (χ2n) is 13.3. The van der Waals surface area contributed by atoms with E-state index >= 15 is 0 Å². The molecular weight excluding hydrogens is 674 g/mol. The van der Waals surface area contributed by atoms with Crippen molar-refractivity contribution in [1.82, 2.24) is 10.2 Å². The highest BCUT2D eigenvalue weighted by Gasteiger charge is 2.75. The number of benzene rings is 2. The van der Waals surface area contributed by atoms with Crippen molar-refractivity contribution in [3.05, 3.63) is 90.5 Å². The molecule has 0 aromatic heterocycles. The minimum atomic E-state index is -1.25. The molecule has 3 aliphatic rings. The van der Waals surface area contributed by atoms with Crippen LogP contribution in [0.25, 0.3) is 0 Å². The lowest BCUT2D eigenvalue weighted by Gasteiger charge is -2.37. The summed E-state index contributed by atoms with van der Waals surface area (Å²) in [7, 11) is 1.50. The molecule has 2 bridgehead atoms. The second kappa shape index (κ2) is 17.5. The molecule has 3 saturated heterocycles. The van der Waals surface area contributed by atoms with Crippen LogP contribution in [0.15, 0.2) is 79.9 Å². The number of carbonyl (C=O) groups excluding carboxylic acids is 4. The molecular formula is C39H48ClN3O8. The van der Waals surface area contributed by atoms with E-state index in [0.29, 0.717) is 54.8 Å². The van der Waals surface area contributed by atoms with Crippen LogP contribution in [-0.4, -0.2) is 90.9 Å². The summed E-state index contributed by atoms with van der Waals surface area (Å²) in [6, 6.07) is 14.2. The van der Waals surface area contributed by atoms with Gasteiger partial charge in [0.05, 0.1) is 30.6 Å². The normalized spacial score (nSPS) is 24.5. The van der Waals surface area contributed by atoms with Gasteiger partial charge in [0.1, 0.15) is 17.7 Å². The number of amides is 3. The van der Waals surface area contributed by atoms with E-state index in [1.54, 1.807) is 46.2 Å². The highest BCUT2D eigenvalue weighted by Crippen LogP contribution is 2.59. The van der Waals surface area contributed by atoms with Crippen LogP contribution in [-0.2, 0) is 33.4 Å². The molecule has 12 heteroatoms. The number of esters is 1. The van der Waals surface area contributed by atoms with Gasteiger partial charge in [0.15, 0.2) is 0 Å². The van der Waals surface area contributed by atoms with Crippen molar-refractivity contribution in [1.29, 1.82) is 0 Å². The Morgan fingerprint density at radius 1 is 1.12 bits per heavy atom. The summed E-state index contributed by atoms with van der Waals surface area (Å²) in [5, 5.41) is 12.9. The van der Waals surface area contributed by atoms with Crippen molar-refractivity contribution in [2.45, 2.75) is 74.8 Å². The van der Waals surface area contributed by atoms with Gasteiger partial charge in [0, 0.05) is 43.9 Å². The summed E-state index contributed by atoms with van der Waals surface area (Å²) >= 11 is 6.16. The number of ether oxygens (including phenoxy) is 3. The number of nitrogens with zero attached hydrogens (tertiary/aromatic N) is 2. The number of unbranched alkanes of at least 4 members (excludes halogenated alkanes) is 2. The minimum Gasteiger partial charge on any atom is -0.455 e. The number of carbonyl (C=O) groups is 4. The number of methoxy groups -OCH3 is 1. The van der Waals surface area contributed by atoms with Crippen molar-refractivity contribution >= 4 is 41.0 Å². The molecule has 3 fully saturated rings. The van der Waals surface area contributed by atoms with Crippen LogP contribution in [0.3, 0.4) is 0 Å². The molecule has 0 aliphatic carbocycles. The fourth-order valence-corrected chi connectivity index (χ4v) is 7.98. The molecule has 3 heterocycles. The summed E-state index contributed by atoms with van der Waals surface area (Å²) < 4.78 is 18.4. The molecule has 2 aromatic carbocycles. The van der Waals surface area contributed by atoms with E-state index in [0.717, 1.165) is 0 Å². The fourth-order valence-electron chi connectivity index (χ4n) is 7.86. The highest BCUT2D eigenvalue weighted by atomic mass is 35.5. The molecule has 5 rings (SSSR count). The Labute approximate surface area is 304 Å². The topological polar surface area (TPSA) is 135 Å². The number of likely N-dealkylation sites (tertiary alicyclic amines) is 1. The molecule has 0 unspecified atom stereocenters. The van der Waals surface area contributed by atoms with E-state index in [2.05, 4.69) is 18.5 Å². The van der Waals surface area contributed by atoms with Gasteiger partial charge in [-0.1, -0.05) is 54.1 Å². The number of aliphatic hydroxyl groups excluding tert-OH is 1. The van der Waals surface area contributed by atoms with Gasteiger partial charge in [-0.3, -0.25) is 19.2 Å². The number of allylic oxidation sites excluding steroid dienone is 1. The van der Waals surface area contributed by atoms with Crippen LogP contribution in [0.5, 0.6) is 0 Å². The van der Waals surface area contributed by atoms with Crippen molar-refractivity contribution < 1.29 is 38.5 Å². The molecule has 3 amide bonds. The number of anilines is 1. The van der Waals surface area contributed by atoms with E-state index in [1.165, 1.54) is 7.11 Å². The third kappa shape index (κ3) is 8.07. The lowest BCUT2D eigenvalue weighted by Crippen LogP contribution is -2.56. The van der Waals surface area contributed by atoms with Gasteiger partial charge >= 0.3 is 5.97 Å². The maximum Gasteiger partial charge on any atom is 0.313 e. The lowest BCUT2D eigenvalue weighted by atomic mass is 9.70. The quantitative estimate of drug-likeness (QED) is 0.120. The Morgan fingerprint density at radius 2 is 1.86 bits per heavy atom. The highest BCUT2D eigenvalue weighted by molar-refractivity contribution is 6.30. The van der Waals surface area contributed by atoms with Crippen LogP contribution in [0.2, 0.25) is 5.02 Å². The average Bonchev–Trinajstić information content (AvgIpc) is 3.78. The van der Waals surface area contributed by atoms with Crippen molar-refractivity contribution in [3.63, 3.8) is 0 Å². The molecule has 51 heavy (non-hydrogen) atoms. The monoisotopic (exact) mass is 721 g/mol. The number of hydrogen-bond donors (Lipinski definition) is 2. The third-order valence-electron chi connectivity index (χ3n) is 10.1. The maximum absolute atomic E-state index is 14.7. The van der Waals surface area contributed by atoms with E-state index in [1.807, 2.05) is 30.3 Å². The Balaban J connectivity index is 1.48. The van der Waals surface area contributed by atoms with Crippen LogP contribution in [0.4, 0.5) is 5.69 Å². The molecule has 1 spiro atoms. The number of rotatable bonds is 19. The average molecular weight is 722 g/mol. The number of fused-ring (bicyclic) bond motifs is 1. The Morgan fingerprint density at radius 3 is 2.53 bits per heavy atom. The first-order valence-corrected chi connectivity index (χ1v) is 18.0. The molecule has 7 atom stereocenters. The first kappa shape index (κ1) is 38.2. The second-order valence-corrected chi connectivity index (χ2v) is 13.7. The van der Waals surface area contributed by atoms with Crippen molar-refractivity contribution in [3.8, 4) is 0 Å². The fraction of sp³-hybridized carbons (Fsp3) is 0.487. The van der Waals surface area contributed by atoms with Gasteiger partial charge in [-0.25, -0.2) is 0 Å². The van der Waals surface area contributed by atoms with Crippen LogP contribution in [0, 0.1) is 11.8 Å². The zero-order valence-electron chi connectivity index (χ0n) is 29.1. The van der Waals surface area contributed by atoms with E-state index in [4.69, 9.17) is 25.8 Å². The molecule has 2 N–H and O–H groups in total. The van der Waals surface area contributed by atoms with E-state index in [-0.39, 0.29) is 50.4 Å². The summed E-state index contributed by atoms with van der Waals surface area (Å²) in [6.45, 7) is 8.06. The number of hydrogen-bond acceptors (Lipinski definition) is 8. The molecule has 2 aromatic rings. The minimum absolute atomic E-state index is 0.0204. The maximum atomic E-state index is 14.7. The zero-order chi connectivity index (χ0) is 36.5. The molecule has 0 radical (unpaired) electrons. The van der Waals surface area contributed by atoms with Gasteiger partial charge in [0.2, 0.25) is 11.8 Å². The van der Waals surface area contributed by atoms with Crippen LogP contribution >= 0.6 is 11.6 Å². The predicted octanol–water partition coefficient (Wildman–Crippen LogP) is 4.78. The van der Waals surface area contributed by atoms with Crippen molar-refractivity contribution in [2.75, 3.05) is 38.3 Å².